The molecular weight excluding hydrogens is 196 g/mol. The number of benzene rings is 1. The third-order valence-electron chi connectivity index (χ3n) is 1.70. The van der Waals surface area contributed by atoms with Gasteiger partial charge >= 0.3 is 5.97 Å². The maximum atomic E-state index is 10.6. The summed E-state index contributed by atoms with van der Waals surface area (Å²) in [5.41, 5.74) is 0.324. The number of carboxylic acids is 1. The highest BCUT2D eigenvalue weighted by Gasteiger charge is 2.05. The fourth-order valence-corrected chi connectivity index (χ4v) is 0.983. The average molecular weight is 206 g/mol. The van der Waals surface area contributed by atoms with Crippen molar-refractivity contribution in [3.05, 3.63) is 29.3 Å². The Balaban J connectivity index is 3.02. The first kappa shape index (κ1) is 11.1. The molecule has 3 N–H and O–H groups in total. The van der Waals surface area contributed by atoms with Crippen molar-refractivity contribution >= 4 is 5.97 Å². The molecule has 1 aromatic rings. The van der Waals surface area contributed by atoms with E-state index in [0.29, 0.717) is 0 Å². The van der Waals surface area contributed by atoms with E-state index in [1.54, 1.807) is 0 Å². The number of aromatic carboxylic acids is 1. The van der Waals surface area contributed by atoms with Gasteiger partial charge in [0.15, 0.2) is 0 Å². The third kappa shape index (κ3) is 3.01. The van der Waals surface area contributed by atoms with E-state index >= 15 is 0 Å². The zero-order valence-corrected chi connectivity index (χ0v) is 7.90. The number of phenols is 1. The summed E-state index contributed by atoms with van der Waals surface area (Å²) in [5.74, 6) is 4.06. The number of hydrogen-bond acceptors (Lipinski definition) is 3. The molecule has 0 unspecified atom stereocenters. The van der Waals surface area contributed by atoms with Crippen LogP contribution < -0.4 is 0 Å². The number of aromatic hydroxyl groups is 1. The molecule has 0 heterocycles. The molecule has 0 fully saturated rings. The molecule has 4 nitrogen and oxygen atoms in total. The maximum absolute atomic E-state index is 10.6. The monoisotopic (exact) mass is 206 g/mol. The predicted octanol–water partition coefficient (Wildman–Crippen LogP) is 0.824. The first-order chi connectivity index (χ1) is 7.15. The van der Waals surface area contributed by atoms with Crippen LogP contribution in [0.25, 0.3) is 0 Å². The Morgan fingerprint density at radius 3 is 2.73 bits per heavy atom. The minimum absolute atomic E-state index is 0.0631. The number of phenolic OH excluding ortho intramolecular Hbond substituents is 1. The Hall–Kier alpha value is -1.99. The lowest BCUT2D eigenvalue weighted by Crippen LogP contribution is -1.96. The molecule has 0 aliphatic heterocycles. The minimum atomic E-state index is -1.07. The molecule has 0 saturated carbocycles. The molecule has 0 aromatic heterocycles. The molecule has 0 aliphatic rings. The van der Waals surface area contributed by atoms with E-state index in [1.165, 1.54) is 18.2 Å². The van der Waals surface area contributed by atoms with E-state index in [4.69, 9.17) is 10.2 Å². The summed E-state index contributed by atoms with van der Waals surface area (Å²) < 4.78 is 0. The van der Waals surface area contributed by atoms with Gasteiger partial charge in [-0.25, -0.2) is 4.79 Å². The van der Waals surface area contributed by atoms with Gasteiger partial charge in [-0.3, -0.25) is 0 Å². The van der Waals surface area contributed by atoms with E-state index in [9.17, 15) is 9.90 Å². The number of rotatable bonds is 2. The van der Waals surface area contributed by atoms with Crippen LogP contribution >= 0.6 is 0 Å². The summed E-state index contributed by atoms with van der Waals surface area (Å²) in [6.45, 7) is -0.0631. The van der Waals surface area contributed by atoms with E-state index in [0.717, 1.165) is 0 Å². The molecule has 4 heteroatoms. The first-order valence-electron chi connectivity index (χ1n) is 4.31. The van der Waals surface area contributed by atoms with Crippen LogP contribution in [0.1, 0.15) is 22.3 Å². The highest BCUT2D eigenvalue weighted by atomic mass is 16.4. The molecule has 1 aromatic carbocycles. The molecule has 15 heavy (non-hydrogen) atoms. The molecular formula is C11H10O4. The molecule has 0 saturated heterocycles. The van der Waals surface area contributed by atoms with E-state index in [1.807, 2.05) is 0 Å². The quantitative estimate of drug-likeness (QED) is 0.626. The standard InChI is InChI=1S/C11H10O4/c12-6-2-1-3-8-7-9(11(14)15)4-5-10(8)13/h4-5,7,12-13H,2,6H2,(H,14,15). The van der Waals surface area contributed by atoms with Crippen LogP contribution in [0.4, 0.5) is 0 Å². The lowest BCUT2D eigenvalue weighted by molar-refractivity contribution is 0.0697. The van der Waals surface area contributed by atoms with Crippen LogP contribution in [-0.2, 0) is 0 Å². The smallest absolute Gasteiger partial charge is 0.335 e. The van der Waals surface area contributed by atoms with E-state index < -0.39 is 5.97 Å². The van der Waals surface area contributed by atoms with E-state index in [2.05, 4.69) is 11.8 Å². The molecule has 0 spiro atoms. The van der Waals surface area contributed by atoms with E-state index in [-0.39, 0.29) is 29.9 Å². The molecule has 78 valence electrons. The molecule has 0 amide bonds. The predicted molar refractivity (Wildman–Crippen MR) is 53.6 cm³/mol. The van der Waals surface area contributed by atoms with Crippen molar-refractivity contribution in [2.75, 3.05) is 6.61 Å². The van der Waals surface area contributed by atoms with Crippen molar-refractivity contribution < 1.29 is 20.1 Å². The summed E-state index contributed by atoms with van der Waals surface area (Å²) in [6, 6.07) is 3.88. The van der Waals surface area contributed by atoms with Crippen molar-refractivity contribution in [3.8, 4) is 17.6 Å². The third-order valence-corrected chi connectivity index (χ3v) is 1.70. The Morgan fingerprint density at radius 2 is 2.13 bits per heavy atom. The summed E-state index contributed by atoms with van der Waals surface area (Å²) in [4.78, 5) is 10.6. The molecule has 0 atom stereocenters. The van der Waals surface area contributed by atoms with Crippen LogP contribution in [-0.4, -0.2) is 27.9 Å². The lowest BCUT2D eigenvalue weighted by Gasteiger charge is -1.98. The van der Waals surface area contributed by atoms with Gasteiger partial charge in [0.1, 0.15) is 5.75 Å². The van der Waals surface area contributed by atoms with Crippen LogP contribution in [0.3, 0.4) is 0 Å². The molecule has 1 rings (SSSR count). The minimum Gasteiger partial charge on any atom is -0.507 e. The Kier molecular flexibility index (Phi) is 3.72. The maximum Gasteiger partial charge on any atom is 0.335 e. The van der Waals surface area contributed by atoms with Gasteiger partial charge < -0.3 is 15.3 Å². The highest BCUT2D eigenvalue weighted by Crippen LogP contribution is 2.17. The number of aliphatic hydroxyl groups is 1. The number of carboxylic acid groups (broad SMARTS) is 1. The average Bonchev–Trinajstić information content (AvgIpc) is 2.20. The largest absolute Gasteiger partial charge is 0.507 e. The van der Waals surface area contributed by atoms with Crippen LogP contribution in [0.15, 0.2) is 18.2 Å². The normalized spacial score (nSPS) is 9.13. The number of carbonyl (C=O) groups is 1. The van der Waals surface area contributed by atoms with Crippen molar-refractivity contribution in [1.29, 1.82) is 0 Å². The zero-order valence-electron chi connectivity index (χ0n) is 7.90. The summed E-state index contributed by atoms with van der Waals surface area (Å²) >= 11 is 0. The van der Waals surface area contributed by atoms with Gasteiger partial charge in [0.2, 0.25) is 0 Å². The molecule has 0 bridgehead atoms. The van der Waals surface area contributed by atoms with Gasteiger partial charge in [0.25, 0.3) is 0 Å². The van der Waals surface area contributed by atoms with Gasteiger partial charge in [-0.2, -0.15) is 0 Å². The summed E-state index contributed by atoms with van der Waals surface area (Å²) in [5, 5.41) is 26.6. The van der Waals surface area contributed by atoms with Crippen LogP contribution in [0, 0.1) is 11.8 Å². The molecule has 0 radical (unpaired) electrons. The second kappa shape index (κ2) is 5.03. The first-order valence-corrected chi connectivity index (χ1v) is 4.31. The second-order valence-corrected chi connectivity index (χ2v) is 2.81. The van der Waals surface area contributed by atoms with Gasteiger partial charge in [-0.05, 0) is 18.2 Å². The Labute approximate surface area is 86.8 Å². The fraction of sp³-hybridized carbons (Fsp3) is 0.182. The van der Waals surface area contributed by atoms with Crippen molar-refractivity contribution in [2.24, 2.45) is 0 Å². The van der Waals surface area contributed by atoms with Crippen molar-refractivity contribution in [3.63, 3.8) is 0 Å². The number of hydrogen-bond donors (Lipinski definition) is 3. The molecule has 0 aliphatic carbocycles. The lowest BCUT2D eigenvalue weighted by atomic mass is 10.1. The van der Waals surface area contributed by atoms with Crippen molar-refractivity contribution in [1.82, 2.24) is 0 Å². The van der Waals surface area contributed by atoms with Crippen LogP contribution in [0.5, 0.6) is 5.75 Å². The Morgan fingerprint density at radius 1 is 1.40 bits per heavy atom. The van der Waals surface area contributed by atoms with Gasteiger partial charge in [-0.15, -0.1) is 0 Å². The SMILES string of the molecule is O=C(O)c1ccc(O)c(C#CCCO)c1. The van der Waals surface area contributed by atoms with Gasteiger partial charge in [0, 0.05) is 6.42 Å². The second-order valence-electron chi connectivity index (χ2n) is 2.81. The number of aliphatic hydroxyl groups excluding tert-OH is 1. The highest BCUT2D eigenvalue weighted by molar-refractivity contribution is 5.88. The summed E-state index contributed by atoms with van der Waals surface area (Å²) in [7, 11) is 0. The van der Waals surface area contributed by atoms with Gasteiger partial charge in [-0.1, -0.05) is 11.8 Å². The van der Waals surface area contributed by atoms with Gasteiger partial charge in [0.05, 0.1) is 17.7 Å². The Bertz CT molecular complexity index is 426. The zero-order chi connectivity index (χ0) is 11.3. The summed E-state index contributed by atoms with van der Waals surface area (Å²) in [6.07, 6.45) is 0.288. The topological polar surface area (TPSA) is 77.8 Å². The fourth-order valence-electron chi connectivity index (χ4n) is 0.983. The van der Waals surface area contributed by atoms with Crippen molar-refractivity contribution in [2.45, 2.75) is 6.42 Å². The van der Waals surface area contributed by atoms with Crippen LogP contribution in [0.2, 0.25) is 0 Å².